The van der Waals surface area contributed by atoms with Crippen LogP contribution in [0, 0.1) is 0 Å². The van der Waals surface area contributed by atoms with Crippen molar-refractivity contribution in [2.24, 2.45) is 7.05 Å². The van der Waals surface area contributed by atoms with Crippen LogP contribution in [0.25, 0.3) is 27.6 Å². The molecule has 1 amide bonds. The Bertz CT molecular complexity index is 1370. The molecule has 0 saturated carbocycles. The minimum atomic E-state index is -4.40. The molecule has 1 saturated heterocycles. The number of benzene rings is 2. The van der Waals surface area contributed by atoms with E-state index < -0.39 is 11.7 Å². The maximum Gasteiger partial charge on any atom is 0.416 e. The molecular formula is C25H25F3N4O2. The van der Waals surface area contributed by atoms with Crippen molar-refractivity contribution in [3.05, 3.63) is 59.8 Å². The molecule has 2 aromatic heterocycles. The molecule has 5 rings (SSSR count). The molecule has 0 spiro atoms. The Morgan fingerprint density at radius 3 is 2.53 bits per heavy atom. The molecule has 1 fully saturated rings. The highest BCUT2D eigenvalue weighted by Crippen LogP contribution is 2.34. The van der Waals surface area contributed by atoms with Gasteiger partial charge in [-0.25, -0.2) is 0 Å². The molecule has 0 bridgehead atoms. The molecular weight excluding hydrogens is 445 g/mol. The number of hydrogen-bond donors (Lipinski definition) is 0. The van der Waals surface area contributed by atoms with Gasteiger partial charge in [0.15, 0.2) is 5.65 Å². The highest BCUT2D eigenvalue weighted by atomic mass is 19.4. The zero-order valence-electron chi connectivity index (χ0n) is 19.1. The first-order valence-electron chi connectivity index (χ1n) is 11.3. The molecule has 178 valence electrons. The van der Waals surface area contributed by atoms with Crippen LogP contribution in [0.15, 0.2) is 48.7 Å². The van der Waals surface area contributed by atoms with Crippen molar-refractivity contribution in [1.29, 1.82) is 0 Å². The van der Waals surface area contributed by atoms with Crippen molar-refractivity contribution in [1.82, 2.24) is 19.2 Å². The predicted octanol–water partition coefficient (Wildman–Crippen LogP) is 5.18. The standard InChI is InChI=1S/C25H25F3N4O2/c1-4-19-13-31(12-15(2)34-19)24(33)16-5-10-22-20(11-16)21-14-30(3)29-23(21)32(22)18-8-6-17(7-9-18)25(26,27)28/h5-11,14-15,19H,4,12-13H2,1-3H3. The third-order valence-electron chi connectivity index (χ3n) is 6.32. The minimum absolute atomic E-state index is 0.0159. The summed E-state index contributed by atoms with van der Waals surface area (Å²) in [5, 5.41) is 6.19. The third-order valence-corrected chi connectivity index (χ3v) is 6.32. The van der Waals surface area contributed by atoms with Gasteiger partial charge in [-0.3, -0.25) is 14.0 Å². The van der Waals surface area contributed by atoms with Crippen LogP contribution < -0.4 is 0 Å². The molecule has 2 aromatic carbocycles. The molecule has 34 heavy (non-hydrogen) atoms. The molecule has 0 radical (unpaired) electrons. The number of alkyl halides is 3. The molecule has 1 aliphatic rings. The summed E-state index contributed by atoms with van der Waals surface area (Å²) in [6.07, 6.45) is -1.73. The molecule has 4 aromatic rings. The zero-order valence-corrected chi connectivity index (χ0v) is 19.1. The quantitative estimate of drug-likeness (QED) is 0.415. The molecule has 3 heterocycles. The lowest BCUT2D eigenvalue weighted by Gasteiger charge is -2.36. The van der Waals surface area contributed by atoms with E-state index >= 15 is 0 Å². The Kier molecular flexibility index (Phi) is 5.39. The number of amides is 1. The summed E-state index contributed by atoms with van der Waals surface area (Å²) in [6.45, 7) is 5.09. The van der Waals surface area contributed by atoms with Crippen molar-refractivity contribution in [2.75, 3.05) is 13.1 Å². The summed E-state index contributed by atoms with van der Waals surface area (Å²) in [7, 11) is 1.79. The van der Waals surface area contributed by atoms with E-state index in [0.29, 0.717) is 30.0 Å². The number of fused-ring (bicyclic) bond motifs is 3. The van der Waals surface area contributed by atoms with Gasteiger partial charge in [0.25, 0.3) is 5.91 Å². The van der Waals surface area contributed by atoms with Gasteiger partial charge < -0.3 is 9.64 Å². The minimum Gasteiger partial charge on any atom is -0.372 e. The van der Waals surface area contributed by atoms with Gasteiger partial charge in [-0.05, 0) is 55.8 Å². The van der Waals surface area contributed by atoms with E-state index in [1.807, 2.05) is 41.6 Å². The van der Waals surface area contributed by atoms with E-state index in [1.165, 1.54) is 12.1 Å². The number of nitrogens with zero attached hydrogens (tertiary/aromatic N) is 4. The third kappa shape index (κ3) is 3.83. The number of carbonyl (C=O) groups excluding carboxylic acids is 1. The Morgan fingerprint density at radius 1 is 1.12 bits per heavy atom. The second kappa shape index (κ2) is 8.16. The van der Waals surface area contributed by atoms with E-state index in [0.717, 1.165) is 34.8 Å². The van der Waals surface area contributed by atoms with Crippen molar-refractivity contribution >= 4 is 27.8 Å². The average Bonchev–Trinajstić information content (AvgIpc) is 3.32. The number of aryl methyl sites for hydroxylation is 1. The summed E-state index contributed by atoms with van der Waals surface area (Å²) in [5.41, 5.74) is 1.82. The van der Waals surface area contributed by atoms with Crippen LogP contribution in [0.2, 0.25) is 0 Å². The first-order valence-corrected chi connectivity index (χ1v) is 11.3. The largest absolute Gasteiger partial charge is 0.416 e. The maximum absolute atomic E-state index is 13.3. The topological polar surface area (TPSA) is 52.3 Å². The van der Waals surface area contributed by atoms with Crippen LogP contribution in [0.5, 0.6) is 0 Å². The van der Waals surface area contributed by atoms with E-state index in [2.05, 4.69) is 5.10 Å². The number of halogens is 3. The van der Waals surface area contributed by atoms with E-state index in [1.54, 1.807) is 17.8 Å². The molecule has 0 N–H and O–H groups in total. The van der Waals surface area contributed by atoms with Crippen LogP contribution >= 0.6 is 0 Å². The van der Waals surface area contributed by atoms with Crippen LogP contribution in [0.1, 0.15) is 36.2 Å². The fraction of sp³-hybridized carbons (Fsp3) is 0.360. The van der Waals surface area contributed by atoms with Gasteiger partial charge in [-0.2, -0.15) is 18.3 Å². The van der Waals surface area contributed by atoms with Crippen molar-refractivity contribution in [3.63, 3.8) is 0 Å². The van der Waals surface area contributed by atoms with Gasteiger partial charge in [0.1, 0.15) is 0 Å². The molecule has 9 heteroatoms. The normalized spacial score (nSPS) is 19.3. The fourth-order valence-corrected chi connectivity index (χ4v) is 4.71. The number of morpholine rings is 1. The van der Waals surface area contributed by atoms with Gasteiger partial charge in [0.05, 0.1) is 23.3 Å². The van der Waals surface area contributed by atoms with Gasteiger partial charge in [0, 0.05) is 48.4 Å². The number of ether oxygens (including phenoxy) is 1. The smallest absolute Gasteiger partial charge is 0.372 e. The first-order chi connectivity index (χ1) is 16.2. The first kappa shape index (κ1) is 22.5. The maximum atomic E-state index is 13.3. The molecule has 6 nitrogen and oxygen atoms in total. The number of aromatic nitrogens is 3. The summed E-state index contributed by atoms with van der Waals surface area (Å²) in [4.78, 5) is 15.2. The van der Waals surface area contributed by atoms with Crippen LogP contribution in [0.4, 0.5) is 13.2 Å². The lowest BCUT2D eigenvalue weighted by atomic mass is 10.1. The summed E-state index contributed by atoms with van der Waals surface area (Å²) in [5.74, 6) is -0.0604. The lowest BCUT2D eigenvalue weighted by Crippen LogP contribution is -2.48. The van der Waals surface area contributed by atoms with Crippen molar-refractivity contribution < 1.29 is 22.7 Å². The fourth-order valence-electron chi connectivity index (χ4n) is 4.71. The van der Waals surface area contributed by atoms with Gasteiger partial charge in [-0.15, -0.1) is 0 Å². The Labute approximate surface area is 194 Å². The second-order valence-electron chi connectivity index (χ2n) is 8.84. The number of carbonyl (C=O) groups is 1. The average molecular weight is 470 g/mol. The lowest BCUT2D eigenvalue weighted by molar-refractivity contribution is -0.137. The van der Waals surface area contributed by atoms with Gasteiger partial charge in [0.2, 0.25) is 0 Å². The van der Waals surface area contributed by atoms with Gasteiger partial charge >= 0.3 is 6.18 Å². The number of rotatable bonds is 3. The van der Waals surface area contributed by atoms with E-state index in [4.69, 9.17) is 4.74 Å². The monoisotopic (exact) mass is 470 g/mol. The summed E-state index contributed by atoms with van der Waals surface area (Å²) < 4.78 is 48.5. The predicted molar refractivity (Wildman–Crippen MR) is 123 cm³/mol. The second-order valence-corrected chi connectivity index (χ2v) is 8.84. The van der Waals surface area contributed by atoms with E-state index in [9.17, 15) is 18.0 Å². The molecule has 0 aliphatic carbocycles. The van der Waals surface area contributed by atoms with Crippen LogP contribution in [-0.2, 0) is 18.0 Å². The van der Waals surface area contributed by atoms with E-state index in [-0.39, 0.29) is 18.1 Å². The Morgan fingerprint density at radius 2 is 1.85 bits per heavy atom. The molecule has 2 unspecified atom stereocenters. The molecule has 1 aliphatic heterocycles. The van der Waals surface area contributed by atoms with Gasteiger partial charge in [-0.1, -0.05) is 6.92 Å². The Balaban J connectivity index is 1.59. The van der Waals surface area contributed by atoms with Crippen LogP contribution in [0.3, 0.4) is 0 Å². The summed E-state index contributed by atoms with van der Waals surface area (Å²) in [6, 6.07) is 10.5. The summed E-state index contributed by atoms with van der Waals surface area (Å²) >= 11 is 0. The van der Waals surface area contributed by atoms with Crippen molar-refractivity contribution in [2.45, 2.75) is 38.7 Å². The number of hydrogen-bond acceptors (Lipinski definition) is 3. The highest BCUT2D eigenvalue weighted by Gasteiger charge is 2.31. The zero-order chi connectivity index (χ0) is 24.2. The SMILES string of the molecule is CCC1CN(C(=O)c2ccc3c(c2)c2cn(C)nc2n3-c2ccc(C(F)(F)F)cc2)CC(C)O1. The molecule has 2 atom stereocenters. The van der Waals surface area contributed by atoms with Crippen molar-refractivity contribution in [3.8, 4) is 5.69 Å². The highest BCUT2D eigenvalue weighted by molar-refractivity contribution is 6.10. The van der Waals surface area contributed by atoms with Crippen LogP contribution in [-0.4, -0.2) is 50.5 Å². The Hall–Kier alpha value is -3.33.